The second-order valence-corrected chi connectivity index (χ2v) is 8.57. The van der Waals surface area contributed by atoms with E-state index in [1.807, 2.05) is 30.3 Å². The maximum absolute atomic E-state index is 12.9. The highest BCUT2D eigenvalue weighted by Gasteiger charge is 2.39. The third-order valence-corrected chi connectivity index (χ3v) is 6.63. The quantitative estimate of drug-likeness (QED) is 0.682. The maximum atomic E-state index is 12.9. The van der Waals surface area contributed by atoms with Gasteiger partial charge in [-0.25, -0.2) is 4.79 Å². The number of amides is 3. The Hall–Kier alpha value is -3.88. The van der Waals surface area contributed by atoms with Gasteiger partial charge in [0.1, 0.15) is 6.04 Å². The van der Waals surface area contributed by atoms with E-state index in [1.54, 1.807) is 17.0 Å². The van der Waals surface area contributed by atoms with Crippen molar-refractivity contribution in [3.05, 3.63) is 59.2 Å². The first-order valence-electron chi connectivity index (χ1n) is 11.0. The monoisotopic (exact) mass is 448 g/mol. The molecule has 3 amide bonds. The number of hydrogen-bond donors (Lipinski definition) is 2. The number of rotatable bonds is 4. The van der Waals surface area contributed by atoms with Gasteiger partial charge >= 0.3 is 5.97 Å². The number of aromatic carboxylic acids is 1. The summed E-state index contributed by atoms with van der Waals surface area (Å²) in [6.07, 6.45) is 0.595. The number of carboxylic acids is 1. The summed E-state index contributed by atoms with van der Waals surface area (Å²) >= 11 is 0. The zero-order chi connectivity index (χ0) is 23.1. The molecule has 5 rings (SSSR count). The number of hydrogen-bond acceptors (Lipinski definition) is 6. The summed E-state index contributed by atoms with van der Waals surface area (Å²) in [5, 5.41) is 11.4. The van der Waals surface area contributed by atoms with Gasteiger partial charge in [-0.15, -0.1) is 0 Å². The first-order chi connectivity index (χ1) is 15.9. The first-order valence-corrected chi connectivity index (χ1v) is 11.0. The average molecular weight is 448 g/mol. The number of carbonyl (C=O) groups excluding carboxylic acids is 3. The minimum absolute atomic E-state index is 0.166. The number of imide groups is 1. The lowest BCUT2D eigenvalue weighted by atomic mass is 10.0. The van der Waals surface area contributed by atoms with Gasteiger partial charge in [-0.2, -0.15) is 0 Å². The molecule has 2 N–H and O–H groups in total. The fourth-order valence-corrected chi connectivity index (χ4v) is 4.80. The molecular formula is C24H24N4O5. The predicted octanol–water partition coefficient (Wildman–Crippen LogP) is 1.47. The van der Waals surface area contributed by atoms with Crippen LogP contribution in [0.1, 0.15) is 39.1 Å². The highest BCUT2D eigenvalue weighted by Crippen LogP contribution is 2.31. The lowest BCUT2D eigenvalue weighted by Crippen LogP contribution is -2.52. The average Bonchev–Trinajstić information content (AvgIpc) is 3.15. The summed E-state index contributed by atoms with van der Waals surface area (Å²) in [7, 11) is 0. The number of fused-ring (bicyclic) bond motifs is 1. The highest BCUT2D eigenvalue weighted by molar-refractivity contribution is 6.05. The SMILES string of the molecule is O=C1CCC(N2Cc3cc(N4CCN(c5ccc(C(=O)O)cc5)CC4)ccc3C2=O)C(=O)N1. The van der Waals surface area contributed by atoms with Crippen LogP contribution in [0.15, 0.2) is 42.5 Å². The Morgan fingerprint density at radius 1 is 0.909 bits per heavy atom. The van der Waals surface area contributed by atoms with Crippen LogP contribution in [0.25, 0.3) is 0 Å². The number of nitrogens with zero attached hydrogens (tertiary/aromatic N) is 3. The number of carboxylic acid groups (broad SMARTS) is 1. The predicted molar refractivity (Wildman–Crippen MR) is 120 cm³/mol. The summed E-state index contributed by atoms with van der Waals surface area (Å²) in [5.41, 5.74) is 3.82. The van der Waals surface area contributed by atoms with Crippen LogP contribution in [0.3, 0.4) is 0 Å². The van der Waals surface area contributed by atoms with Gasteiger partial charge in [-0.05, 0) is 54.4 Å². The number of nitrogens with one attached hydrogen (secondary N) is 1. The number of carbonyl (C=O) groups is 4. The van der Waals surface area contributed by atoms with Gasteiger partial charge in [-0.3, -0.25) is 19.7 Å². The Labute approximate surface area is 190 Å². The topological polar surface area (TPSA) is 110 Å². The van der Waals surface area contributed by atoms with E-state index in [9.17, 15) is 19.2 Å². The standard InChI is InChI=1S/C24H24N4O5/c29-21-8-7-20(22(30)25-21)28-14-16-13-18(5-6-19(16)23(28)31)27-11-9-26(10-12-27)17-3-1-15(2-4-17)24(32)33/h1-6,13,20H,7-12,14H2,(H,32,33)(H,25,29,30). The van der Waals surface area contributed by atoms with Crippen molar-refractivity contribution in [1.29, 1.82) is 0 Å². The van der Waals surface area contributed by atoms with Crippen molar-refractivity contribution in [2.45, 2.75) is 25.4 Å². The third-order valence-electron chi connectivity index (χ3n) is 6.63. The van der Waals surface area contributed by atoms with E-state index in [1.165, 1.54) is 0 Å². The Kier molecular flexibility index (Phi) is 5.24. The molecule has 0 aliphatic carbocycles. The fourth-order valence-electron chi connectivity index (χ4n) is 4.80. The van der Waals surface area contributed by atoms with Crippen molar-refractivity contribution in [2.24, 2.45) is 0 Å². The zero-order valence-corrected chi connectivity index (χ0v) is 18.0. The van der Waals surface area contributed by atoms with Crippen LogP contribution in [0.5, 0.6) is 0 Å². The second kappa shape index (κ2) is 8.23. The van der Waals surface area contributed by atoms with E-state index in [4.69, 9.17) is 5.11 Å². The zero-order valence-electron chi connectivity index (χ0n) is 18.0. The molecule has 2 aromatic rings. The largest absolute Gasteiger partial charge is 0.478 e. The fraction of sp³-hybridized carbons (Fsp3) is 0.333. The highest BCUT2D eigenvalue weighted by atomic mass is 16.4. The van der Waals surface area contributed by atoms with Crippen LogP contribution in [0.4, 0.5) is 11.4 Å². The number of benzene rings is 2. The summed E-state index contributed by atoms with van der Waals surface area (Å²) in [5.74, 6) is -1.79. The van der Waals surface area contributed by atoms with E-state index in [0.717, 1.165) is 43.1 Å². The Balaban J connectivity index is 1.25. The summed E-state index contributed by atoms with van der Waals surface area (Å²) in [6, 6.07) is 12.1. The second-order valence-electron chi connectivity index (χ2n) is 8.57. The lowest BCUT2D eigenvalue weighted by molar-refractivity contribution is -0.136. The Bertz CT molecular complexity index is 1140. The Morgan fingerprint density at radius 3 is 2.18 bits per heavy atom. The summed E-state index contributed by atoms with van der Waals surface area (Å²) in [6.45, 7) is 3.55. The normalized spacial score (nSPS) is 20.7. The number of piperazine rings is 1. The van der Waals surface area contributed by atoms with E-state index in [2.05, 4.69) is 15.1 Å². The van der Waals surface area contributed by atoms with Gasteiger partial charge in [0, 0.05) is 56.1 Å². The molecule has 9 nitrogen and oxygen atoms in total. The molecule has 0 aromatic heterocycles. The third kappa shape index (κ3) is 3.90. The molecule has 33 heavy (non-hydrogen) atoms. The number of piperidine rings is 1. The van der Waals surface area contributed by atoms with Gasteiger partial charge in [-0.1, -0.05) is 0 Å². The smallest absolute Gasteiger partial charge is 0.335 e. The maximum Gasteiger partial charge on any atom is 0.335 e. The van der Waals surface area contributed by atoms with Crippen LogP contribution < -0.4 is 15.1 Å². The molecule has 3 aliphatic rings. The van der Waals surface area contributed by atoms with Crippen LogP contribution in [0, 0.1) is 0 Å². The van der Waals surface area contributed by atoms with Crippen molar-refractivity contribution in [1.82, 2.24) is 10.2 Å². The van der Waals surface area contributed by atoms with Gasteiger partial charge in [0.15, 0.2) is 0 Å². The van der Waals surface area contributed by atoms with Gasteiger partial charge in [0.25, 0.3) is 5.91 Å². The Morgan fingerprint density at radius 2 is 1.55 bits per heavy atom. The van der Waals surface area contributed by atoms with Crippen molar-refractivity contribution in [2.75, 3.05) is 36.0 Å². The molecule has 0 radical (unpaired) electrons. The van der Waals surface area contributed by atoms with E-state index >= 15 is 0 Å². The lowest BCUT2D eigenvalue weighted by Gasteiger charge is -2.37. The molecule has 3 aliphatic heterocycles. The van der Waals surface area contributed by atoms with Crippen molar-refractivity contribution < 1.29 is 24.3 Å². The van der Waals surface area contributed by atoms with Crippen molar-refractivity contribution in [3.8, 4) is 0 Å². The molecule has 0 saturated carbocycles. The molecule has 2 aromatic carbocycles. The van der Waals surface area contributed by atoms with Crippen LogP contribution >= 0.6 is 0 Å². The molecule has 2 saturated heterocycles. The molecule has 3 heterocycles. The van der Waals surface area contributed by atoms with E-state index in [0.29, 0.717) is 18.5 Å². The van der Waals surface area contributed by atoms with Crippen LogP contribution in [-0.2, 0) is 16.1 Å². The minimum Gasteiger partial charge on any atom is -0.478 e. The molecule has 170 valence electrons. The van der Waals surface area contributed by atoms with Crippen molar-refractivity contribution in [3.63, 3.8) is 0 Å². The van der Waals surface area contributed by atoms with Crippen LogP contribution in [0.2, 0.25) is 0 Å². The summed E-state index contributed by atoms with van der Waals surface area (Å²) < 4.78 is 0. The van der Waals surface area contributed by atoms with Crippen molar-refractivity contribution >= 4 is 35.1 Å². The molecule has 9 heteroatoms. The molecule has 0 spiro atoms. The minimum atomic E-state index is -0.933. The molecule has 2 fully saturated rings. The van der Waals surface area contributed by atoms with E-state index in [-0.39, 0.29) is 23.8 Å². The van der Waals surface area contributed by atoms with E-state index < -0.39 is 17.9 Å². The van der Waals surface area contributed by atoms with Gasteiger partial charge in [0.05, 0.1) is 5.56 Å². The number of anilines is 2. The molecule has 0 bridgehead atoms. The molecule has 1 atom stereocenters. The first kappa shape index (κ1) is 21.0. The molecular weight excluding hydrogens is 424 g/mol. The van der Waals surface area contributed by atoms with Crippen LogP contribution in [-0.4, -0.2) is 65.9 Å². The van der Waals surface area contributed by atoms with Gasteiger partial charge < -0.3 is 19.8 Å². The van der Waals surface area contributed by atoms with Gasteiger partial charge in [0.2, 0.25) is 11.8 Å². The molecule has 1 unspecified atom stereocenters. The summed E-state index contributed by atoms with van der Waals surface area (Å²) in [4.78, 5) is 53.7.